The third-order valence-electron chi connectivity index (χ3n) is 3.12. The van der Waals surface area contributed by atoms with Gasteiger partial charge in [0.05, 0.1) is 0 Å². The summed E-state index contributed by atoms with van der Waals surface area (Å²) in [4.78, 5) is 2.54. The number of nitrogens with zero attached hydrogens (tertiary/aromatic N) is 1. The van der Waals surface area contributed by atoms with E-state index in [9.17, 15) is 0 Å². The molecular weight excluding hydrogens is 196 g/mol. The number of likely N-dealkylation sites (N-methyl/N-ethyl adjacent to an activating group) is 1. The first-order valence-corrected chi connectivity index (χ1v) is 7.05. The van der Waals surface area contributed by atoms with E-state index in [2.05, 4.69) is 45.0 Å². The molecule has 0 spiro atoms. The number of hydrogen-bond acceptors (Lipinski definition) is 2. The van der Waals surface area contributed by atoms with E-state index < -0.39 is 0 Å². The van der Waals surface area contributed by atoms with Gasteiger partial charge in [-0.1, -0.05) is 47.0 Å². The first-order valence-electron chi connectivity index (χ1n) is 7.05. The summed E-state index contributed by atoms with van der Waals surface area (Å²) in [6, 6.07) is 1.31. The van der Waals surface area contributed by atoms with Crippen molar-refractivity contribution < 1.29 is 0 Å². The van der Waals surface area contributed by atoms with Crippen LogP contribution in [-0.4, -0.2) is 37.1 Å². The molecule has 0 aromatic heterocycles. The fourth-order valence-electron chi connectivity index (χ4n) is 1.98. The predicted octanol–water partition coefficient (Wildman–Crippen LogP) is 3.28. The van der Waals surface area contributed by atoms with Crippen LogP contribution in [0.3, 0.4) is 0 Å². The summed E-state index contributed by atoms with van der Waals surface area (Å²) >= 11 is 0. The van der Waals surface area contributed by atoms with Crippen LogP contribution < -0.4 is 5.32 Å². The molecule has 0 bridgehead atoms. The third kappa shape index (κ3) is 8.12. The molecule has 0 saturated carbocycles. The van der Waals surface area contributed by atoms with Crippen LogP contribution in [0.5, 0.6) is 0 Å². The Bertz CT molecular complexity index is 146. The second-order valence-corrected chi connectivity index (χ2v) is 5.19. The highest BCUT2D eigenvalue weighted by molar-refractivity contribution is 4.72. The molecule has 0 saturated heterocycles. The van der Waals surface area contributed by atoms with Gasteiger partial charge in [0, 0.05) is 18.6 Å². The van der Waals surface area contributed by atoms with Crippen molar-refractivity contribution in [3.05, 3.63) is 0 Å². The van der Waals surface area contributed by atoms with Crippen molar-refractivity contribution >= 4 is 0 Å². The van der Waals surface area contributed by atoms with E-state index in [0.29, 0.717) is 12.1 Å². The Morgan fingerprint density at radius 2 is 1.75 bits per heavy atom. The molecule has 0 aliphatic heterocycles. The van der Waals surface area contributed by atoms with E-state index in [-0.39, 0.29) is 0 Å². The molecule has 0 aliphatic rings. The van der Waals surface area contributed by atoms with Crippen LogP contribution in [0.1, 0.15) is 59.8 Å². The van der Waals surface area contributed by atoms with E-state index in [4.69, 9.17) is 0 Å². The van der Waals surface area contributed by atoms with Crippen LogP contribution in [0.4, 0.5) is 0 Å². The fraction of sp³-hybridized carbons (Fsp3) is 1.00. The number of nitrogens with one attached hydrogen (secondary N) is 1. The van der Waals surface area contributed by atoms with E-state index in [1.807, 2.05) is 0 Å². The Kier molecular flexibility index (Phi) is 10.0. The third-order valence-corrected chi connectivity index (χ3v) is 3.12. The van der Waals surface area contributed by atoms with Crippen molar-refractivity contribution in [3.63, 3.8) is 0 Å². The molecule has 98 valence electrons. The van der Waals surface area contributed by atoms with Gasteiger partial charge in [-0.15, -0.1) is 0 Å². The van der Waals surface area contributed by atoms with Crippen molar-refractivity contribution in [1.82, 2.24) is 10.2 Å². The second kappa shape index (κ2) is 10.1. The average Bonchev–Trinajstić information content (AvgIpc) is 2.24. The Balaban J connectivity index is 3.87. The van der Waals surface area contributed by atoms with Gasteiger partial charge >= 0.3 is 0 Å². The number of rotatable bonds is 10. The zero-order valence-corrected chi connectivity index (χ0v) is 12.1. The largest absolute Gasteiger partial charge is 0.313 e. The van der Waals surface area contributed by atoms with Crippen LogP contribution in [0.15, 0.2) is 0 Å². The highest BCUT2D eigenvalue weighted by Gasteiger charge is 2.13. The summed E-state index contributed by atoms with van der Waals surface area (Å²) in [5, 5.41) is 3.56. The lowest BCUT2D eigenvalue weighted by atomic mass is 10.1. The molecule has 0 heterocycles. The van der Waals surface area contributed by atoms with E-state index in [1.165, 1.54) is 38.6 Å². The van der Waals surface area contributed by atoms with Crippen molar-refractivity contribution in [3.8, 4) is 0 Å². The van der Waals surface area contributed by atoms with Gasteiger partial charge in [-0.3, -0.25) is 0 Å². The molecule has 2 nitrogen and oxygen atoms in total. The van der Waals surface area contributed by atoms with Gasteiger partial charge in [0.15, 0.2) is 0 Å². The molecule has 2 heteroatoms. The molecule has 0 aromatic carbocycles. The number of hydrogen-bond donors (Lipinski definition) is 1. The smallest absolute Gasteiger partial charge is 0.0217 e. The Labute approximate surface area is 103 Å². The standard InChI is InChI=1S/C14H32N2/c1-6-8-9-11-16(5)14(10-7-2)12-15-13(3)4/h13-15H,6-12H2,1-5H3. The zero-order chi connectivity index (χ0) is 12.4. The van der Waals surface area contributed by atoms with Crippen molar-refractivity contribution in [2.45, 2.75) is 71.9 Å². The van der Waals surface area contributed by atoms with Gasteiger partial charge < -0.3 is 10.2 Å². The molecule has 1 N–H and O–H groups in total. The summed E-state index contributed by atoms with van der Waals surface area (Å²) in [5.74, 6) is 0. The Morgan fingerprint density at radius 3 is 2.25 bits per heavy atom. The molecule has 0 radical (unpaired) electrons. The van der Waals surface area contributed by atoms with Gasteiger partial charge in [-0.2, -0.15) is 0 Å². The maximum Gasteiger partial charge on any atom is 0.0217 e. The topological polar surface area (TPSA) is 15.3 Å². The molecule has 16 heavy (non-hydrogen) atoms. The van der Waals surface area contributed by atoms with Gasteiger partial charge in [0.25, 0.3) is 0 Å². The van der Waals surface area contributed by atoms with E-state index in [0.717, 1.165) is 6.54 Å². The monoisotopic (exact) mass is 228 g/mol. The summed E-state index contributed by atoms with van der Waals surface area (Å²) in [6.45, 7) is 11.4. The maximum absolute atomic E-state index is 3.56. The molecule has 0 fully saturated rings. The summed E-state index contributed by atoms with van der Waals surface area (Å²) in [7, 11) is 2.28. The van der Waals surface area contributed by atoms with Gasteiger partial charge in [-0.25, -0.2) is 0 Å². The molecule has 0 aromatic rings. The predicted molar refractivity (Wildman–Crippen MR) is 74.0 cm³/mol. The molecular formula is C14H32N2. The average molecular weight is 228 g/mol. The lowest BCUT2D eigenvalue weighted by Gasteiger charge is -2.29. The first kappa shape index (κ1) is 15.9. The zero-order valence-electron chi connectivity index (χ0n) is 12.1. The summed E-state index contributed by atoms with van der Waals surface area (Å²) < 4.78 is 0. The lowest BCUT2D eigenvalue weighted by molar-refractivity contribution is 0.215. The molecule has 1 unspecified atom stereocenters. The molecule has 0 aliphatic carbocycles. The normalized spacial score (nSPS) is 13.7. The minimum atomic E-state index is 0.600. The minimum Gasteiger partial charge on any atom is -0.313 e. The fourth-order valence-corrected chi connectivity index (χ4v) is 1.98. The van der Waals surface area contributed by atoms with Crippen molar-refractivity contribution in [2.24, 2.45) is 0 Å². The number of unbranched alkanes of at least 4 members (excludes halogenated alkanes) is 2. The first-order chi connectivity index (χ1) is 7.61. The highest BCUT2D eigenvalue weighted by Crippen LogP contribution is 2.07. The van der Waals surface area contributed by atoms with Crippen LogP contribution >= 0.6 is 0 Å². The molecule has 1 atom stereocenters. The van der Waals surface area contributed by atoms with Crippen LogP contribution in [0.25, 0.3) is 0 Å². The quantitative estimate of drug-likeness (QED) is 0.577. The van der Waals surface area contributed by atoms with Gasteiger partial charge in [0.1, 0.15) is 0 Å². The Hall–Kier alpha value is -0.0800. The molecule has 0 amide bonds. The van der Waals surface area contributed by atoms with E-state index in [1.54, 1.807) is 0 Å². The second-order valence-electron chi connectivity index (χ2n) is 5.19. The summed E-state index contributed by atoms with van der Waals surface area (Å²) in [6.07, 6.45) is 6.61. The molecule has 0 rings (SSSR count). The lowest BCUT2D eigenvalue weighted by Crippen LogP contribution is -2.42. The summed E-state index contributed by atoms with van der Waals surface area (Å²) in [5.41, 5.74) is 0. The van der Waals surface area contributed by atoms with Crippen molar-refractivity contribution in [1.29, 1.82) is 0 Å². The SMILES string of the molecule is CCCCCN(C)C(CCC)CNC(C)C. The highest BCUT2D eigenvalue weighted by atomic mass is 15.1. The maximum atomic E-state index is 3.56. The van der Waals surface area contributed by atoms with Crippen LogP contribution in [0.2, 0.25) is 0 Å². The van der Waals surface area contributed by atoms with E-state index >= 15 is 0 Å². The van der Waals surface area contributed by atoms with Crippen LogP contribution in [0, 0.1) is 0 Å². The Morgan fingerprint density at radius 1 is 1.06 bits per heavy atom. The van der Waals surface area contributed by atoms with Gasteiger partial charge in [-0.05, 0) is 26.4 Å². The van der Waals surface area contributed by atoms with Crippen LogP contribution in [-0.2, 0) is 0 Å². The minimum absolute atomic E-state index is 0.600. The van der Waals surface area contributed by atoms with Crippen molar-refractivity contribution in [2.75, 3.05) is 20.1 Å². The van der Waals surface area contributed by atoms with Gasteiger partial charge in [0.2, 0.25) is 0 Å².